The number of carbonyl (C=O) groups excluding carboxylic acids is 2. The summed E-state index contributed by atoms with van der Waals surface area (Å²) in [5.74, 6) is -0.581. The Bertz CT molecular complexity index is 1020. The van der Waals surface area contributed by atoms with Crippen LogP contribution in [-0.4, -0.2) is 31.0 Å². The van der Waals surface area contributed by atoms with E-state index >= 15 is 0 Å². The maximum Gasteiger partial charge on any atom is 0.256 e. The molecule has 0 bridgehead atoms. The number of nitriles is 1. The van der Waals surface area contributed by atoms with E-state index in [0.29, 0.717) is 33.4 Å². The van der Waals surface area contributed by atoms with Crippen molar-refractivity contribution in [2.24, 2.45) is 5.92 Å². The van der Waals surface area contributed by atoms with E-state index in [1.807, 2.05) is 38.1 Å². The highest BCUT2D eigenvalue weighted by Crippen LogP contribution is 2.42. The number of hydrogen-bond donors (Lipinski definition) is 1. The Morgan fingerprint density at radius 1 is 1.23 bits per heavy atom. The van der Waals surface area contributed by atoms with Crippen LogP contribution in [0.4, 0.5) is 5.69 Å². The van der Waals surface area contributed by atoms with E-state index in [1.54, 1.807) is 29.2 Å². The summed E-state index contributed by atoms with van der Waals surface area (Å²) in [7, 11) is 0. The highest BCUT2D eigenvalue weighted by molar-refractivity contribution is 6.31. The Kier molecular flexibility index (Phi) is 7.55. The molecule has 0 aliphatic carbocycles. The standard InChI is InChI=1S/C23H23Cl2N3O3/c1-14(2)13-28-19-8-7-15(24)11-17(19)22(16-5-3-4-6-18(16)25)31-20(23(28)30)12-21(29)27-10-9-26/h3-8,11,14,20,22H,10,12-13H2,1-2H3,(H,27,29). The van der Waals surface area contributed by atoms with Crippen molar-refractivity contribution in [1.82, 2.24) is 5.32 Å². The molecule has 162 valence electrons. The van der Waals surface area contributed by atoms with Gasteiger partial charge < -0.3 is 15.0 Å². The molecule has 8 heteroatoms. The molecular formula is C23H23Cl2N3O3. The zero-order valence-electron chi connectivity index (χ0n) is 17.3. The van der Waals surface area contributed by atoms with Crippen LogP contribution >= 0.6 is 23.2 Å². The van der Waals surface area contributed by atoms with E-state index in [4.69, 9.17) is 33.2 Å². The van der Waals surface area contributed by atoms with E-state index < -0.39 is 18.1 Å². The lowest BCUT2D eigenvalue weighted by molar-refractivity contribution is -0.138. The third kappa shape index (κ3) is 5.37. The van der Waals surface area contributed by atoms with Gasteiger partial charge >= 0.3 is 0 Å². The Hall–Kier alpha value is -2.59. The largest absolute Gasteiger partial charge is 0.355 e. The minimum atomic E-state index is -1.05. The van der Waals surface area contributed by atoms with Crippen molar-refractivity contribution in [3.63, 3.8) is 0 Å². The summed E-state index contributed by atoms with van der Waals surface area (Å²) in [6.45, 7) is 4.32. The maximum atomic E-state index is 13.5. The van der Waals surface area contributed by atoms with Crippen molar-refractivity contribution in [2.75, 3.05) is 18.0 Å². The number of nitrogens with zero attached hydrogens (tertiary/aromatic N) is 2. The second kappa shape index (κ2) is 10.1. The van der Waals surface area contributed by atoms with Crippen molar-refractivity contribution >= 4 is 40.7 Å². The molecular weight excluding hydrogens is 437 g/mol. The average molecular weight is 460 g/mol. The van der Waals surface area contributed by atoms with Crippen molar-refractivity contribution in [1.29, 1.82) is 5.26 Å². The van der Waals surface area contributed by atoms with Gasteiger partial charge in [-0.15, -0.1) is 0 Å². The van der Waals surface area contributed by atoms with E-state index in [0.717, 1.165) is 0 Å². The molecule has 0 saturated heterocycles. The number of rotatable bonds is 6. The fraction of sp³-hybridized carbons (Fsp3) is 0.348. The molecule has 0 fully saturated rings. The van der Waals surface area contributed by atoms with E-state index in [1.165, 1.54) is 0 Å². The number of nitrogens with one attached hydrogen (secondary N) is 1. The zero-order chi connectivity index (χ0) is 22.5. The minimum Gasteiger partial charge on any atom is -0.355 e. The fourth-order valence-corrected chi connectivity index (χ4v) is 3.98. The second-order valence-electron chi connectivity index (χ2n) is 7.71. The Labute approximate surface area is 191 Å². The number of amides is 2. The van der Waals surface area contributed by atoms with Crippen LogP contribution in [0.1, 0.15) is 37.5 Å². The van der Waals surface area contributed by atoms with Gasteiger partial charge in [-0.2, -0.15) is 5.26 Å². The summed E-state index contributed by atoms with van der Waals surface area (Å²) in [5, 5.41) is 12.2. The first kappa shape index (κ1) is 23.1. The fourth-order valence-electron chi connectivity index (χ4n) is 3.57. The lowest BCUT2D eigenvalue weighted by atomic mass is 9.99. The van der Waals surface area contributed by atoms with Gasteiger partial charge in [0, 0.05) is 33.4 Å². The van der Waals surface area contributed by atoms with Crippen LogP contribution in [0.2, 0.25) is 10.0 Å². The number of ether oxygens (including phenoxy) is 1. The van der Waals surface area contributed by atoms with E-state index in [-0.39, 0.29) is 24.8 Å². The number of halogens is 2. The highest BCUT2D eigenvalue weighted by atomic mass is 35.5. The Morgan fingerprint density at radius 2 is 1.97 bits per heavy atom. The first-order valence-electron chi connectivity index (χ1n) is 9.96. The molecule has 2 amide bonds. The van der Waals surface area contributed by atoms with E-state index in [9.17, 15) is 9.59 Å². The van der Waals surface area contributed by atoms with Gasteiger partial charge in [0.15, 0.2) is 0 Å². The molecule has 2 aromatic rings. The van der Waals surface area contributed by atoms with Gasteiger partial charge in [0.25, 0.3) is 5.91 Å². The third-order valence-electron chi connectivity index (χ3n) is 4.88. The number of carbonyl (C=O) groups is 2. The zero-order valence-corrected chi connectivity index (χ0v) is 18.8. The van der Waals surface area contributed by atoms with Gasteiger partial charge in [-0.1, -0.05) is 55.2 Å². The molecule has 1 aliphatic rings. The number of anilines is 1. The molecule has 2 atom stereocenters. The monoisotopic (exact) mass is 459 g/mol. The number of hydrogen-bond acceptors (Lipinski definition) is 4. The van der Waals surface area contributed by atoms with Crippen molar-refractivity contribution in [2.45, 2.75) is 32.5 Å². The molecule has 3 rings (SSSR count). The molecule has 0 saturated carbocycles. The first-order chi connectivity index (χ1) is 14.8. The number of benzene rings is 2. The summed E-state index contributed by atoms with van der Waals surface area (Å²) in [6, 6.07) is 14.4. The molecule has 2 unspecified atom stereocenters. The molecule has 0 aromatic heterocycles. The van der Waals surface area contributed by atoms with Gasteiger partial charge in [0.2, 0.25) is 5.91 Å². The Morgan fingerprint density at radius 3 is 2.65 bits per heavy atom. The smallest absolute Gasteiger partial charge is 0.256 e. The van der Waals surface area contributed by atoms with Gasteiger partial charge in [-0.3, -0.25) is 9.59 Å². The average Bonchev–Trinajstić information content (AvgIpc) is 2.83. The summed E-state index contributed by atoms with van der Waals surface area (Å²) >= 11 is 12.8. The topological polar surface area (TPSA) is 82.4 Å². The van der Waals surface area contributed by atoms with Crippen LogP contribution < -0.4 is 10.2 Å². The van der Waals surface area contributed by atoms with Gasteiger partial charge in [-0.25, -0.2) is 0 Å². The predicted octanol–water partition coefficient (Wildman–Crippen LogP) is 4.50. The predicted molar refractivity (Wildman–Crippen MR) is 120 cm³/mol. The lowest BCUT2D eigenvalue weighted by Crippen LogP contribution is -2.43. The van der Waals surface area contributed by atoms with Crippen LogP contribution in [0.15, 0.2) is 42.5 Å². The third-order valence-corrected chi connectivity index (χ3v) is 5.45. The normalized spacial score (nSPS) is 18.3. The highest BCUT2D eigenvalue weighted by Gasteiger charge is 2.38. The summed E-state index contributed by atoms with van der Waals surface area (Å²) in [6.07, 6.45) is -1.96. The molecule has 31 heavy (non-hydrogen) atoms. The van der Waals surface area contributed by atoms with Crippen LogP contribution in [0.5, 0.6) is 0 Å². The van der Waals surface area contributed by atoms with Crippen molar-refractivity contribution in [3.05, 3.63) is 63.6 Å². The molecule has 6 nitrogen and oxygen atoms in total. The molecule has 1 aliphatic heterocycles. The molecule has 1 heterocycles. The van der Waals surface area contributed by atoms with Gasteiger partial charge in [0.1, 0.15) is 18.8 Å². The van der Waals surface area contributed by atoms with Crippen LogP contribution in [-0.2, 0) is 14.3 Å². The summed E-state index contributed by atoms with van der Waals surface area (Å²) < 4.78 is 6.26. The molecule has 0 radical (unpaired) electrons. The quantitative estimate of drug-likeness (QED) is 0.644. The Balaban J connectivity index is 2.12. The second-order valence-corrected chi connectivity index (χ2v) is 8.55. The SMILES string of the molecule is CC(C)CN1C(=O)C(CC(=O)NCC#N)OC(c2ccccc2Cl)c2cc(Cl)ccc21. The van der Waals surface area contributed by atoms with Crippen molar-refractivity contribution < 1.29 is 14.3 Å². The van der Waals surface area contributed by atoms with Crippen LogP contribution in [0, 0.1) is 17.2 Å². The van der Waals surface area contributed by atoms with Crippen LogP contribution in [0.25, 0.3) is 0 Å². The summed E-state index contributed by atoms with van der Waals surface area (Å²) in [5.41, 5.74) is 2.05. The van der Waals surface area contributed by atoms with Crippen molar-refractivity contribution in [3.8, 4) is 6.07 Å². The molecule has 2 aromatic carbocycles. The van der Waals surface area contributed by atoms with Crippen LogP contribution in [0.3, 0.4) is 0 Å². The van der Waals surface area contributed by atoms with E-state index in [2.05, 4.69) is 5.32 Å². The van der Waals surface area contributed by atoms with Gasteiger partial charge in [0.05, 0.1) is 12.5 Å². The minimum absolute atomic E-state index is 0.140. The summed E-state index contributed by atoms with van der Waals surface area (Å²) in [4.78, 5) is 27.5. The first-order valence-corrected chi connectivity index (χ1v) is 10.7. The lowest BCUT2D eigenvalue weighted by Gasteiger charge is -2.26. The van der Waals surface area contributed by atoms with Gasteiger partial charge in [-0.05, 0) is 30.2 Å². The number of fused-ring (bicyclic) bond motifs is 1. The molecule has 0 spiro atoms. The molecule has 1 N–H and O–H groups in total. The maximum absolute atomic E-state index is 13.5.